The van der Waals surface area contributed by atoms with Gasteiger partial charge in [-0.15, -0.1) is 0 Å². The number of nitro groups is 1. The third kappa shape index (κ3) is 2.91. The van der Waals surface area contributed by atoms with Crippen molar-refractivity contribution >= 4 is 39.5 Å². The quantitative estimate of drug-likeness (QED) is 0.690. The lowest BCUT2D eigenvalue weighted by Crippen LogP contribution is -2.11. The van der Waals surface area contributed by atoms with Gasteiger partial charge in [-0.2, -0.15) is 0 Å². The van der Waals surface area contributed by atoms with Crippen LogP contribution in [0.25, 0.3) is 0 Å². The monoisotopic (exact) mass is 296 g/mol. The second-order valence-corrected chi connectivity index (χ2v) is 5.09. The van der Waals surface area contributed by atoms with Crippen molar-refractivity contribution in [3.63, 3.8) is 0 Å². The Kier molecular flexibility index (Phi) is 3.82. The van der Waals surface area contributed by atoms with Crippen molar-refractivity contribution in [2.75, 3.05) is 5.32 Å². The Morgan fingerprint density at radius 1 is 1.47 bits per heavy atom. The summed E-state index contributed by atoms with van der Waals surface area (Å²) >= 11 is 6.87. The van der Waals surface area contributed by atoms with E-state index in [1.165, 1.54) is 11.4 Å². The first-order valence-electron chi connectivity index (χ1n) is 5.28. The number of amides is 1. The number of rotatable bonds is 3. The highest BCUT2D eigenvalue weighted by atomic mass is 35.5. The number of hydrogen-bond donors (Lipinski definition) is 1. The van der Waals surface area contributed by atoms with Gasteiger partial charge in [-0.3, -0.25) is 14.9 Å². The number of thiophene rings is 1. The zero-order valence-electron chi connectivity index (χ0n) is 9.84. The van der Waals surface area contributed by atoms with Crippen molar-refractivity contribution in [3.05, 3.63) is 55.9 Å². The SMILES string of the molecule is Cc1c(Cl)cccc1NC(=O)c1csc([N+](=O)[O-])c1. The summed E-state index contributed by atoms with van der Waals surface area (Å²) in [5.74, 6) is -0.394. The van der Waals surface area contributed by atoms with E-state index in [0.29, 0.717) is 10.7 Å². The van der Waals surface area contributed by atoms with Gasteiger partial charge in [0.2, 0.25) is 0 Å². The Morgan fingerprint density at radius 2 is 2.21 bits per heavy atom. The molecule has 1 aromatic heterocycles. The third-order valence-electron chi connectivity index (χ3n) is 2.54. The topological polar surface area (TPSA) is 72.2 Å². The zero-order valence-corrected chi connectivity index (χ0v) is 11.4. The molecule has 5 nitrogen and oxygen atoms in total. The standard InChI is InChI=1S/C12H9ClN2O3S/c1-7-9(13)3-2-4-10(7)14-12(16)8-5-11(15(17)18)19-6-8/h2-6H,1H3,(H,14,16). The van der Waals surface area contributed by atoms with Gasteiger partial charge in [0, 0.05) is 22.2 Å². The smallest absolute Gasteiger partial charge is 0.322 e. The van der Waals surface area contributed by atoms with Gasteiger partial charge in [0.25, 0.3) is 5.91 Å². The molecule has 0 saturated heterocycles. The predicted octanol–water partition coefficient (Wildman–Crippen LogP) is 3.87. The Morgan fingerprint density at radius 3 is 2.84 bits per heavy atom. The van der Waals surface area contributed by atoms with Crippen LogP contribution in [0, 0.1) is 17.0 Å². The fraction of sp³-hybridized carbons (Fsp3) is 0.0833. The highest BCUT2D eigenvalue weighted by Crippen LogP contribution is 2.26. The summed E-state index contributed by atoms with van der Waals surface area (Å²) in [5.41, 5.74) is 1.60. The van der Waals surface area contributed by atoms with Crippen LogP contribution in [0.1, 0.15) is 15.9 Å². The molecule has 0 radical (unpaired) electrons. The molecular formula is C12H9ClN2O3S. The largest absolute Gasteiger partial charge is 0.324 e. The minimum Gasteiger partial charge on any atom is -0.322 e. The van der Waals surface area contributed by atoms with E-state index in [2.05, 4.69) is 5.32 Å². The molecule has 0 saturated carbocycles. The van der Waals surface area contributed by atoms with E-state index < -0.39 is 10.8 Å². The van der Waals surface area contributed by atoms with Crippen molar-refractivity contribution in [1.29, 1.82) is 0 Å². The molecule has 1 aromatic carbocycles. The van der Waals surface area contributed by atoms with Crippen LogP contribution in [-0.2, 0) is 0 Å². The third-order valence-corrected chi connectivity index (χ3v) is 3.83. The average molecular weight is 297 g/mol. The van der Waals surface area contributed by atoms with Gasteiger partial charge in [-0.05, 0) is 24.6 Å². The highest BCUT2D eigenvalue weighted by molar-refractivity contribution is 7.13. The lowest BCUT2D eigenvalue weighted by Gasteiger charge is -2.08. The zero-order chi connectivity index (χ0) is 14.0. The molecule has 0 aliphatic carbocycles. The first kappa shape index (κ1) is 13.5. The second kappa shape index (κ2) is 5.38. The number of halogens is 1. The van der Waals surface area contributed by atoms with Crippen LogP contribution in [-0.4, -0.2) is 10.8 Å². The van der Waals surface area contributed by atoms with Crippen molar-refractivity contribution < 1.29 is 9.72 Å². The molecule has 1 N–H and O–H groups in total. The van der Waals surface area contributed by atoms with E-state index in [4.69, 9.17) is 11.6 Å². The molecule has 0 atom stereocenters. The lowest BCUT2D eigenvalue weighted by molar-refractivity contribution is -0.380. The summed E-state index contributed by atoms with van der Waals surface area (Å²) in [6.45, 7) is 1.79. The van der Waals surface area contributed by atoms with Crippen molar-refractivity contribution in [3.8, 4) is 0 Å². The normalized spacial score (nSPS) is 10.2. The van der Waals surface area contributed by atoms with Gasteiger partial charge >= 0.3 is 5.00 Å². The highest BCUT2D eigenvalue weighted by Gasteiger charge is 2.15. The molecule has 1 heterocycles. The number of benzene rings is 1. The summed E-state index contributed by atoms with van der Waals surface area (Å²) in [7, 11) is 0. The summed E-state index contributed by atoms with van der Waals surface area (Å²) in [5, 5.41) is 15.2. The van der Waals surface area contributed by atoms with E-state index in [1.807, 2.05) is 0 Å². The van der Waals surface area contributed by atoms with Crippen LogP contribution in [0.4, 0.5) is 10.7 Å². The molecule has 7 heteroatoms. The molecule has 98 valence electrons. The van der Waals surface area contributed by atoms with Crippen molar-refractivity contribution in [1.82, 2.24) is 0 Å². The number of anilines is 1. The fourth-order valence-corrected chi connectivity index (χ4v) is 2.36. The van der Waals surface area contributed by atoms with Gasteiger partial charge in [-0.1, -0.05) is 29.0 Å². The van der Waals surface area contributed by atoms with Gasteiger partial charge in [0.1, 0.15) is 0 Å². The maximum atomic E-state index is 11.9. The first-order valence-corrected chi connectivity index (χ1v) is 6.54. The van der Waals surface area contributed by atoms with Gasteiger partial charge in [0.15, 0.2) is 0 Å². The maximum absolute atomic E-state index is 11.9. The second-order valence-electron chi connectivity index (χ2n) is 3.80. The molecule has 0 aliphatic rings. The van der Waals surface area contributed by atoms with Crippen LogP contribution >= 0.6 is 22.9 Å². The van der Waals surface area contributed by atoms with Crippen molar-refractivity contribution in [2.24, 2.45) is 0 Å². The summed E-state index contributed by atoms with van der Waals surface area (Å²) in [6.07, 6.45) is 0. The molecule has 0 aliphatic heterocycles. The van der Waals surface area contributed by atoms with Gasteiger partial charge in [0.05, 0.1) is 10.5 Å². The molecule has 19 heavy (non-hydrogen) atoms. The number of hydrogen-bond acceptors (Lipinski definition) is 4. The molecule has 2 rings (SSSR count). The van der Waals surface area contributed by atoms with Crippen molar-refractivity contribution in [2.45, 2.75) is 6.92 Å². The van der Waals surface area contributed by atoms with Crippen LogP contribution in [0.3, 0.4) is 0 Å². The van der Waals surface area contributed by atoms with E-state index in [9.17, 15) is 14.9 Å². The van der Waals surface area contributed by atoms with Crippen LogP contribution in [0.2, 0.25) is 5.02 Å². The molecule has 0 fully saturated rings. The van der Waals surface area contributed by atoms with E-state index >= 15 is 0 Å². The Labute approximate surface area is 118 Å². The fourth-order valence-electron chi connectivity index (χ4n) is 1.48. The number of nitrogens with one attached hydrogen (secondary N) is 1. The minimum absolute atomic E-state index is 0.0621. The molecule has 0 spiro atoms. The summed E-state index contributed by atoms with van der Waals surface area (Å²) in [4.78, 5) is 22.0. The molecule has 0 unspecified atom stereocenters. The molecular weight excluding hydrogens is 288 g/mol. The van der Waals surface area contributed by atoms with E-state index in [0.717, 1.165) is 16.9 Å². The number of carbonyl (C=O) groups is 1. The Balaban J connectivity index is 2.21. The Bertz CT molecular complexity index is 654. The van der Waals surface area contributed by atoms with E-state index in [1.54, 1.807) is 25.1 Å². The summed E-state index contributed by atoms with van der Waals surface area (Å²) in [6, 6.07) is 6.42. The minimum atomic E-state index is -0.522. The van der Waals surface area contributed by atoms with Crippen LogP contribution < -0.4 is 5.32 Å². The number of nitrogens with zero attached hydrogens (tertiary/aromatic N) is 1. The van der Waals surface area contributed by atoms with Crippen LogP contribution in [0.5, 0.6) is 0 Å². The molecule has 2 aromatic rings. The maximum Gasteiger partial charge on any atom is 0.324 e. The van der Waals surface area contributed by atoms with Gasteiger partial charge < -0.3 is 5.32 Å². The molecule has 0 bridgehead atoms. The predicted molar refractivity (Wildman–Crippen MR) is 75.1 cm³/mol. The molecule has 1 amide bonds. The van der Waals surface area contributed by atoms with E-state index in [-0.39, 0.29) is 10.6 Å². The average Bonchev–Trinajstić information content (AvgIpc) is 2.84. The summed E-state index contributed by atoms with van der Waals surface area (Å²) < 4.78 is 0. The Hall–Kier alpha value is -1.92. The number of carbonyl (C=O) groups excluding carboxylic acids is 1. The van der Waals surface area contributed by atoms with Crippen LogP contribution in [0.15, 0.2) is 29.6 Å². The lowest BCUT2D eigenvalue weighted by atomic mass is 10.2. The first-order chi connectivity index (χ1) is 8.99. The van der Waals surface area contributed by atoms with Gasteiger partial charge in [-0.25, -0.2) is 0 Å².